The van der Waals surface area contributed by atoms with E-state index in [0.717, 1.165) is 0 Å². The van der Waals surface area contributed by atoms with Crippen LogP contribution in [0.25, 0.3) is 0 Å². The highest BCUT2D eigenvalue weighted by atomic mass is 32.2. The van der Waals surface area contributed by atoms with Gasteiger partial charge in [-0.1, -0.05) is 0 Å². The zero-order valence-electron chi connectivity index (χ0n) is 7.46. The van der Waals surface area contributed by atoms with Gasteiger partial charge in [0.1, 0.15) is 0 Å². The summed E-state index contributed by atoms with van der Waals surface area (Å²) in [6, 6.07) is 0. The van der Waals surface area contributed by atoms with Crippen molar-refractivity contribution >= 4 is 10.0 Å². The monoisotopic (exact) mass is 180 g/mol. The molecule has 0 aliphatic rings. The Kier molecular flexibility index (Phi) is 3.05. The Hall–Kier alpha value is -0.130. The molecule has 0 spiro atoms. The van der Waals surface area contributed by atoms with Crippen molar-refractivity contribution in [3.63, 3.8) is 0 Å². The third-order valence-corrected chi connectivity index (χ3v) is 4.20. The molecule has 0 aliphatic heterocycles. The van der Waals surface area contributed by atoms with E-state index in [9.17, 15) is 8.42 Å². The van der Waals surface area contributed by atoms with Gasteiger partial charge in [-0.3, -0.25) is 0 Å². The lowest BCUT2D eigenvalue weighted by molar-refractivity contribution is 0.479. The van der Waals surface area contributed by atoms with Crippen LogP contribution in [-0.4, -0.2) is 38.1 Å². The van der Waals surface area contributed by atoms with Crippen LogP contribution in [0.4, 0.5) is 0 Å². The SMILES string of the molecule is CN(C)S(=O)(=O)C(C)(C)CN. The predicted octanol–water partition coefficient (Wildman–Crippen LogP) is -0.385. The minimum atomic E-state index is -3.22. The maximum atomic E-state index is 11.4. The molecule has 68 valence electrons. The van der Waals surface area contributed by atoms with E-state index in [1.165, 1.54) is 18.4 Å². The summed E-state index contributed by atoms with van der Waals surface area (Å²) < 4.78 is 23.2. The minimum absolute atomic E-state index is 0.132. The molecule has 0 fully saturated rings. The van der Waals surface area contributed by atoms with Gasteiger partial charge in [0.05, 0.1) is 4.75 Å². The Bertz CT molecular complexity index is 219. The molecule has 0 rings (SSSR count). The van der Waals surface area contributed by atoms with E-state index in [2.05, 4.69) is 0 Å². The molecule has 0 aromatic rings. The van der Waals surface area contributed by atoms with Crippen molar-refractivity contribution < 1.29 is 8.42 Å². The van der Waals surface area contributed by atoms with Crippen LogP contribution in [-0.2, 0) is 10.0 Å². The molecule has 4 nitrogen and oxygen atoms in total. The largest absolute Gasteiger partial charge is 0.329 e. The molecular weight excluding hydrogens is 164 g/mol. The lowest BCUT2D eigenvalue weighted by Gasteiger charge is -2.26. The standard InChI is InChI=1S/C6H16N2O2S/c1-6(2,5-7)11(9,10)8(3)4/h5,7H2,1-4H3. The lowest BCUT2D eigenvalue weighted by atomic mass is 10.2. The fourth-order valence-electron chi connectivity index (χ4n) is 0.600. The molecule has 0 radical (unpaired) electrons. The number of rotatable bonds is 3. The van der Waals surface area contributed by atoms with Crippen LogP contribution in [0.1, 0.15) is 13.8 Å². The van der Waals surface area contributed by atoms with Crippen molar-refractivity contribution in [2.24, 2.45) is 5.73 Å². The van der Waals surface area contributed by atoms with E-state index in [-0.39, 0.29) is 6.54 Å². The molecule has 0 aromatic heterocycles. The van der Waals surface area contributed by atoms with Crippen molar-refractivity contribution in [1.29, 1.82) is 0 Å². The Morgan fingerprint density at radius 1 is 1.36 bits per heavy atom. The first-order chi connectivity index (χ1) is 4.75. The third-order valence-electron chi connectivity index (χ3n) is 1.67. The van der Waals surface area contributed by atoms with E-state index in [4.69, 9.17) is 5.73 Å². The van der Waals surface area contributed by atoms with Gasteiger partial charge in [-0.2, -0.15) is 0 Å². The second-order valence-electron chi connectivity index (χ2n) is 3.25. The number of sulfonamides is 1. The molecule has 0 amide bonds. The van der Waals surface area contributed by atoms with Crippen LogP contribution in [0, 0.1) is 0 Å². The van der Waals surface area contributed by atoms with Gasteiger partial charge in [0.2, 0.25) is 10.0 Å². The average Bonchev–Trinajstić information content (AvgIpc) is 1.87. The van der Waals surface area contributed by atoms with E-state index in [0.29, 0.717) is 0 Å². The van der Waals surface area contributed by atoms with Crippen LogP contribution in [0.2, 0.25) is 0 Å². The van der Waals surface area contributed by atoms with Crippen LogP contribution in [0.5, 0.6) is 0 Å². The third kappa shape index (κ3) is 1.91. The topological polar surface area (TPSA) is 63.4 Å². The van der Waals surface area contributed by atoms with E-state index in [1.54, 1.807) is 13.8 Å². The quantitative estimate of drug-likeness (QED) is 0.643. The first-order valence-electron chi connectivity index (χ1n) is 3.38. The normalized spacial score (nSPS) is 14.0. The van der Waals surface area contributed by atoms with Gasteiger partial charge < -0.3 is 5.73 Å². The van der Waals surface area contributed by atoms with Crippen molar-refractivity contribution in [2.75, 3.05) is 20.6 Å². The summed E-state index contributed by atoms with van der Waals surface area (Å²) in [5, 5.41) is 0. The summed E-state index contributed by atoms with van der Waals surface area (Å²) in [4.78, 5) is 0. The van der Waals surface area contributed by atoms with Gasteiger partial charge in [0.25, 0.3) is 0 Å². The molecule has 0 saturated heterocycles. The van der Waals surface area contributed by atoms with E-state index < -0.39 is 14.8 Å². The molecule has 0 unspecified atom stereocenters. The van der Waals surface area contributed by atoms with Gasteiger partial charge in [0.15, 0.2) is 0 Å². The molecule has 0 heterocycles. The van der Waals surface area contributed by atoms with Crippen molar-refractivity contribution in [2.45, 2.75) is 18.6 Å². The Morgan fingerprint density at radius 3 is 1.82 bits per heavy atom. The van der Waals surface area contributed by atoms with Gasteiger partial charge in [0, 0.05) is 20.6 Å². The molecule has 0 aromatic carbocycles. The Morgan fingerprint density at radius 2 is 1.73 bits per heavy atom. The van der Waals surface area contributed by atoms with Crippen molar-refractivity contribution in [3.05, 3.63) is 0 Å². The first kappa shape index (κ1) is 10.9. The van der Waals surface area contributed by atoms with Crippen LogP contribution >= 0.6 is 0 Å². The van der Waals surface area contributed by atoms with Gasteiger partial charge in [-0.25, -0.2) is 12.7 Å². The van der Waals surface area contributed by atoms with Crippen molar-refractivity contribution in [1.82, 2.24) is 4.31 Å². The highest BCUT2D eigenvalue weighted by molar-refractivity contribution is 7.90. The Balaban J connectivity index is 4.85. The minimum Gasteiger partial charge on any atom is -0.329 e. The Labute approximate surface area is 68.4 Å². The smallest absolute Gasteiger partial charge is 0.220 e. The second-order valence-corrected chi connectivity index (χ2v) is 6.04. The zero-order chi connectivity index (χ0) is 9.28. The molecule has 5 heteroatoms. The fraction of sp³-hybridized carbons (Fsp3) is 1.00. The lowest BCUT2D eigenvalue weighted by Crippen LogP contribution is -2.46. The zero-order valence-corrected chi connectivity index (χ0v) is 8.27. The van der Waals surface area contributed by atoms with Crippen LogP contribution < -0.4 is 5.73 Å². The summed E-state index contributed by atoms with van der Waals surface area (Å²) in [7, 11) is -0.205. The summed E-state index contributed by atoms with van der Waals surface area (Å²) in [5.41, 5.74) is 5.32. The van der Waals surface area contributed by atoms with E-state index in [1.807, 2.05) is 0 Å². The summed E-state index contributed by atoms with van der Waals surface area (Å²) in [6.45, 7) is 3.36. The van der Waals surface area contributed by atoms with Crippen LogP contribution in [0.15, 0.2) is 0 Å². The summed E-state index contributed by atoms with van der Waals surface area (Å²) in [5.74, 6) is 0. The number of nitrogens with two attached hydrogens (primary N) is 1. The van der Waals surface area contributed by atoms with Gasteiger partial charge in [-0.05, 0) is 13.8 Å². The molecule has 0 atom stereocenters. The average molecular weight is 180 g/mol. The first-order valence-corrected chi connectivity index (χ1v) is 4.82. The maximum Gasteiger partial charge on any atom is 0.220 e. The predicted molar refractivity (Wildman–Crippen MR) is 45.7 cm³/mol. The molecule has 0 saturated carbocycles. The fourth-order valence-corrected chi connectivity index (χ4v) is 1.80. The van der Waals surface area contributed by atoms with Gasteiger partial charge in [-0.15, -0.1) is 0 Å². The summed E-state index contributed by atoms with van der Waals surface area (Å²) >= 11 is 0. The maximum absolute atomic E-state index is 11.4. The van der Waals surface area contributed by atoms with Gasteiger partial charge >= 0.3 is 0 Å². The molecular formula is C6H16N2O2S. The number of nitrogens with zero attached hydrogens (tertiary/aromatic N) is 1. The molecule has 2 N–H and O–H groups in total. The highest BCUT2D eigenvalue weighted by Gasteiger charge is 2.34. The molecule has 11 heavy (non-hydrogen) atoms. The molecule has 0 bridgehead atoms. The summed E-state index contributed by atoms with van der Waals surface area (Å²) in [6.07, 6.45) is 0. The second kappa shape index (κ2) is 3.08. The van der Waals surface area contributed by atoms with Crippen LogP contribution in [0.3, 0.4) is 0 Å². The number of hydrogen-bond acceptors (Lipinski definition) is 3. The highest BCUT2D eigenvalue weighted by Crippen LogP contribution is 2.16. The molecule has 0 aliphatic carbocycles. The van der Waals surface area contributed by atoms with E-state index >= 15 is 0 Å². The van der Waals surface area contributed by atoms with Crippen molar-refractivity contribution in [3.8, 4) is 0 Å². The number of hydrogen-bond donors (Lipinski definition) is 1.